The van der Waals surface area contributed by atoms with Gasteiger partial charge in [-0.2, -0.15) is 0 Å². The van der Waals surface area contributed by atoms with E-state index >= 15 is 0 Å². The van der Waals surface area contributed by atoms with Gasteiger partial charge in [0.15, 0.2) is 5.78 Å². The summed E-state index contributed by atoms with van der Waals surface area (Å²) in [6, 6.07) is 15.6. The van der Waals surface area contributed by atoms with Gasteiger partial charge in [-0.3, -0.25) is 4.79 Å². The fraction of sp³-hybridized carbons (Fsp3) is 0.133. The van der Waals surface area contributed by atoms with E-state index < -0.39 is 0 Å². The van der Waals surface area contributed by atoms with Crippen molar-refractivity contribution in [3.8, 4) is 0 Å². The van der Waals surface area contributed by atoms with Crippen molar-refractivity contribution in [1.29, 1.82) is 0 Å². The first-order valence-corrected chi connectivity index (χ1v) is 6.01. The van der Waals surface area contributed by atoms with E-state index in [1.54, 1.807) is 0 Å². The molecule has 3 rings (SSSR count). The predicted molar refractivity (Wildman–Crippen MR) is 68.7 cm³/mol. The van der Waals surface area contributed by atoms with Gasteiger partial charge in [-0.1, -0.05) is 48.0 Å². The molecule has 84 valence electrons. The van der Waals surface area contributed by atoms with Crippen molar-refractivity contribution in [2.24, 2.45) is 0 Å². The highest BCUT2D eigenvalue weighted by Gasteiger charge is 2.29. The molecular formula is C15H11ClO. The van der Waals surface area contributed by atoms with Crippen molar-refractivity contribution in [3.05, 3.63) is 70.2 Å². The molecule has 0 bridgehead atoms. The van der Waals surface area contributed by atoms with Gasteiger partial charge in [0, 0.05) is 22.9 Å². The zero-order chi connectivity index (χ0) is 11.8. The zero-order valence-electron chi connectivity index (χ0n) is 9.19. The van der Waals surface area contributed by atoms with E-state index in [1.807, 2.05) is 48.5 Å². The molecule has 0 heterocycles. The lowest BCUT2D eigenvalue weighted by molar-refractivity contribution is 0.0991. The van der Waals surface area contributed by atoms with Crippen LogP contribution in [0.15, 0.2) is 48.5 Å². The number of rotatable bonds is 1. The van der Waals surface area contributed by atoms with Crippen LogP contribution in [0.1, 0.15) is 33.8 Å². The van der Waals surface area contributed by atoms with Crippen LogP contribution < -0.4 is 0 Å². The number of hydrogen-bond acceptors (Lipinski definition) is 1. The Bertz CT molecular complexity index is 572. The molecule has 0 saturated carbocycles. The fourth-order valence-electron chi connectivity index (χ4n) is 2.45. The first-order valence-electron chi connectivity index (χ1n) is 5.63. The molecule has 0 amide bonds. The largest absolute Gasteiger partial charge is 0.294 e. The van der Waals surface area contributed by atoms with E-state index in [4.69, 9.17) is 11.6 Å². The Hall–Kier alpha value is -1.60. The van der Waals surface area contributed by atoms with Crippen LogP contribution >= 0.6 is 11.6 Å². The van der Waals surface area contributed by atoms with E-state index in [-0.39, 0.29) is 11.7 Å². The molecule has 1 unspecified atom stereocenters. The molecule has 17 heavy (non-hydrogen) atoms. The van der Waals surface area contributed by atoms with Crippen LogP contribution in [-0.4, -0.2) is 5.78 Å². The molecule has 1 nitrogen and oxygen atoms in total. The third kappa shape index (κ3) is 1.77. The lowest BCUT2D eigenvalue weighted by Crippen LogP contribution is -1.96. The first kappa shape index (κ1) is 10.5. The van der Waals surface area contributed by atoms with Crippen molar-refractivity contribution in [3.63, 3.8) is 0 Å². The lowest BCUT2D eigenvalue weighted by atomic mass is 9.93. The van der Waals surface area contributed by atoms with Crippen LogP contribution in [0.4, 0.5) is 0 Å². The Morgan fingerprint density at radius 3 is 2.47 bits per heavy atom. The van der Waals surface area contributed by atoms with Crippen LogP contribution in [0, 0.1) is 0 Å². The Kier molecular flexibility index (Phi) is 2.49. The van der Waals surface area contributed by atoms with Crippen molar-refractivity contribution >= 4 is 17.4 Å². The van der Waals surface area contributed by atoms with Crippen molar-refractivity contribution in [1.82, 2.24) is 0 Å². The normalized spacial score (nSPS) is 18.2. The van der Waals surface area contributed by atoms with Gasteiger partial charge in [-0.05, 0) is 23.3 Å². The van der Waals surface area contributed by atoms with Gasteiger partial charge in [0.05, 0.1) is 0 Å². The van der Waals surface area contributed by atoms with Crippen LogP contribution in [0.25, 0.3) is 0 Å². The molecule has 0 radical (unpaired) electrons. The highest BCUT2D eigenvalue weighted by atomic mass is 35.5. The van der Waals surface area contributed by atoms with E-state index in [0.717, 1.165) is 21.7 Å². The second-order valence-corrected chi connectivity index (χ2v) is 4.76. The predicted octanol–water partition coefficient (Wildman–Crippen LogP) is 4.06. The summed E-state index contributed by atoms with van der Waals surface area (Å²) in [4.78, 5) is 11.9. The third-order valence-corrected chi connectivity index (χ3v) is 3.55. The quantitative estimate of drug-likeness (QED) is 0.737. The molecule has 1 aliphatic carbocycles. The van der Waals surface area contributed by atoms with Crippen molar-refractivity contribution < 1.29 is 4.79 Å². The van der Waals surface area contributed by atoms with E-state index in [1.165, 1.54) is 0 Å². The molecule has 0 aliphatic heterocycles. The average molecular weight is 243 g/mol. The summed E-state index contributed by atoms with van der Waals surface area (Å²) in [6.07, 6.45) is 0.570. The highest BCUT2D eigenvalue weighted by molar-refractivity contribution is 6.30. The SMILES string of the molecule is O=C1CC(c2ccc(Cl)cc2)c2ccccc21. The standard InChI is InChI=1S/C15H11ClO/c16-11-7-5-10(6-8-11)14-9-15(17)13-4-2-1-3-12(13)14/h1-8,14H,9H2. The van der Waals surface area contributed by atoms with Crippen molar-refractivity contribution in [2.45, 2.75) is 12.3 Å². The molecule has 2 aromatic rings. The zero-order valence-corrected chi connectivity index (χ0v) is 9.95. The second-order valence-electron chi connectivity index (χ2n) is 4.32. The van der Waals surface area contributed by atoms with Crippen LogP contribution in [0.2, 0.25) is 5.02 Å². The topological polar surface area (TPSA) is 17.1 Å². The van der Waals surface area contributed by atoms with Gasteiger partial charge in [-0.15, -0.1) is 0 Å². The number of ketones is 1. The van der Waals surface area contributed by atoms with E-state index in [2.05, 4.69) is 0 Å². The minimum atomic E-state index is 0.191. The maximum Gasteiger partial charge on any atom is 0.164 e. The Balaban J connectivity index is 2.07. The molecule has 0 N–H and O–H groups in total. The summed E-state index contributed by atoms with van der Waals surface area (Å²) in [5.41, 5.74) is 3.17. The Morgan fingerprint density at radius 1 is 1.00 bits per heavy atom. The Morgan fingerprint density at radius 2 is 1.71 bits per heavy atom. The summed E-state index contributed by atoms with van der Waals surface area (Å²) in [7, 11) is 0. The first-order chi connectivity index (χ1) is 8.25. The number of fused-ring (bicyclic) bond motifs is 1. The Labute approximate surface area is 105 Å². The molecule has 1 atom stereocenters. The van der Waals surface area contributed by atoms with Crippen LogP contribution in [-0.2, 0) is 0 Å². The molecular weight excluding hydrogens is 232 g/mol. The number of carbonyl (C=O) groups is 1. The summed E-state index contributed by atoms with van der Waals surface area (Å²) >= 11 is 5.88. The van der Waals surface area contributed by atoms with Gasteiger partial charge in [-0.25, -0.2) is 0 Å². The van der Waals surface area contributed by atoms with Gasteiger partial charge in [0.2, 0.25) is 0 Å². The number of Topliss-reactive ketones (excluding diaryl/α,β-unsaturated/α-hetero) is 1. The molecule has 0 saturated heterocycles. The lowest BCUT2D eigenvalue weighted by Gasteiger charge is -2.10. The smallest absolute Gasteiger partial charge is 0.164 e. The fourth-order valence-corrected chi connectivity index (χ4v) is 2.58. The number of halogens is 1. The van der Waals surface area contributed by atoms with E-state index in [0.29, 0.717) is 6.42 Å². The summed E-state index contributed by atoms with van der Waals surface area (Å²) in [5.74, 6) is 0.427. The van der Waals surface area contributed by atoms with Crippen LogP contribution in [0.3, 0.4) is 0 Å². The molecule has 0 fully saturated rings. The third-order valence-electron chi connectivity index (χ3n) is 3.30. The van der Waals surface area contributed by atoms with E-state index in [9.17, 15) is 4.79 Å². The molecule has 1 aliphatic rings. The number of hydrogen-bond donors (Lipinski definition) is 0. The molecule has 0 aromatic heterocycles. The highest BCUT2D eigenvalue weighted by Crippen LogP contribution is 2.37. The molecule has 2 aromatic carbocycles. The number of carbonyl (C=O) groups excluding carboxylic acids is 1. The number of benzene rings is 2. The second kappa shape index (κ2) is 4.01. The summed E-state index contributed by atoms with van der Waals surface area (Å²) in [5, 5.41) is 0.728. The minimum absolute atomic E-state index is 0.191. The molecule has 0 spiro atoms. The summed E-state index contributed by atoms with van der Waals surface area (Å²) in [6.45, 7) is 0. The average Bonchev–Trinajstić information content (AvgIpc) is 2.69. The maximum atomic E-state index is 11.9. The van der Waals surface area contributed by atoms with Gasteiger partial charge >= 0.3 is 0 Å². The monoisotopic (exact) mass is 242 g/mol. The van der Waals surface area contributed by atoms with Gasteiger partial charge in [0.1, 0.15) is 0 Å². The van der Waals surface area contributed by atoms with Crippen molar-refractivity contribution in [2.75, 3.05) is 0 Å². The van der Waals surface area contributed by atoms with Gasteiger partial charge < -0.3 is 0 Å². The molecule has 2 heteroatoms. The van der Waals surface area contributed by atoms with Crippen LogP contribution in [0.5, 0.6) is 0 Å². The van der Waals surface area contributed by atoms with Gasteiger partial charge in [0.25, 0.3) is 0 Å². The summed E-state index contributed by atoms with van der Waals surface area (Å²) < 4.78 is 0. The maximum absolute atomic E-state index is 11.9. The minimum Gasteiger partial charge on any atom is -0.294 e.